The topological polar surface area (TPSA) is 49.8 Å². The van der Waals surface area contributed by atoms with Crippen LogP contribution in [-0.2, 0) is 9.53 Å². The van der Waals surface area contributed by atoms with Gasteiger partial charge in [0.15, 0.2) is 5.78 Å². The van der Waals surface area contributed by atoms with Gasteiger partial charge in [0.05, 0.1) is 19.3 Å². The molecule has 28 heavy (non-hydrogen) atoms. The standard InChI is InChI=1S/C24H35NO3/c1-23-7-5-18(26)14-17(23)3-4-19-20(23)6-8-24(2)21(19)13-16(22(24)27)15-25-9-11-28-12-10-25/h3,15,18-21,26H,4-14H2,1-2H3/b16-15-. The molecule has 3 saturated carbocycles. The van der Waals surface area contributed by atoms with Crippen LogP contribution in [0.1, 0.15) is 58.8 Å². The first-order valence-corrected chi connectivity index (χ1v) is 11.4. The van der Waals surface area contributed by atoms with E-state index in [9.17, 15) is 9.90 Å². The van der Waals surface area contributed by atoms with E-state index in [1.165, 1.54) is 5.57 Å². The molecule has 1 aliphatic heterocycles. The maximum absolute atomic E-state index is 13.4. The van der Waals surface area contributed by atoms with Gasteiger partial charge in [-0.25, -0.2) is 0 Å². The number of carbonyl (C=O) groups excluding carboxylic acids is 1. The summed E-state index contributed by atoms with van der Waals surface area (Å²) in [6.07, 6.45) is 11.6. The summed E-state index contributed by atoms with van der Waals surface area (Å²) in [5.41, 5.74) is 2.64. The van der Waals surface area contributed by atoms with Gasteiger partial charge in [-0.15, -0.1) is 0 Å². The van der Waals surface area contributed by atoms with E-state index in [1.54, 1.807) is 0 Å². The molecule has 1 heterocycles. The van der Waals surface area contributed by atoms with E-state index >= 15 is 0 Å². The molecule has 154 valence electrons. The number of ketones is 1. The van der Waals surface area contributed by atoms with E-state index in [1.807, 2.05) is 0 Å². The maximum atomic E-state index is 13.4. The highest BCUT2D eigenvalue weighted by molar-refractivity contribution is 6.02. The van der Waals surface area contributed by atoms with E-state index in [4.69, 9.17) is 4.74 Å². The fourth-order valence-corrected chi connectivity index (χ4v) is 7.36. The second kappa shape index (κ2) is 6.70. The summed E-state index contributed by atoms with van der Waals surface area (Å²) in [6, 6.07) is 0. The van der Waals surface area contributed by atoms with Crippen LogP contribution in [0.5, 0.6) is 0 Å². The highest BCUT2D eigenvalue weighted by atomic mass is 16.5. The smallest absolute Gasteiger partial charge is 0.166 e. The van der Waals surface area contributed by atoms with Crippen molar-refractivity contribution in [3.63, 3.8) is 0 Å². The Bertz CT molecular complexity index is 721. The van der Waals surface area contributed by atoms with Crippen LogP contribution in [0, 0.1) is 28.6 Å². The number of hydrogen-bond acceptors (Lipinski definition) is 4. The van der Waals surface area contributed by atoms with E-state index in [2.05, 4.69) is 31.0 Å². The van der Waals surface area contributed by atoms with Gasteiger partial charge in [-0.05, 0) is 68.1 Å². The first-order valence-electron chi connectivity index (χ1n) is 11.4. The molecule has 0 amide bonds. The number of fused-ring (bicyclic) bond motifs is 5. The van der Waals surface area contributed by atoms with Crippen molar-refractivity contribution in [2.45, 2.75) is 64.9 Å². The number of aliphatic hydroxyl groups is 1. The molecule has 4 nitrogen and oxygen atoms in total. The fourth-order valence-electron chi connectivity index (χ4n) is 7.36. The van der Waals surface area contributed by atoms with Gasteiger partial charge >= 0.3 is 0 Å². The summed E-state index contributed by atoms with van der Waals surface area (Å²) < 4.78 is 5.46. The molecule has 0 aromatic rings. The number of allylic oxidation sites excluding steroid dienone is 2. The van der Waals surface area contributed by atoms with Crippen LogP contribution in [0.15, 0.2) is 23.4 Å². The highest BCUT2D eigenvalue weighted by Gasteiger charge is 2.59. The Labute approximate surface area is 169 Å². The third kappa shape index (κ3) is 2.74. The van der Waals surface area contributed by atoms with Gasteiger partial charge < -0.3 is 14.7 Å². The Morgan fingerprint density at radius 2 is 1.86 bits per heavy atom. The minimum absolute atomic E-state index is 0.152. The number of nitrogens with zero attached hydrogens (tertiary/aromatic N) is 1. The number of carbonyl (C=O) groups is 1. The minimum Gasteiger partial charge on any atom is -0.393 e. The van der Waals surface area contributed by atoms with Crippen LogP contribution in [-0.4, -0.2) is 48.2 Å². The summed E-state index contributed by atoms with van der Waals surface area (Å²) >= 11 is 0. The van der Waals surface area contributed by atoms with Gasteiger partial charge in [0.25, 0.3) is 0 Å². The Balaban J connectivity index is 1.43. The van der Waals surface area contributed by atoms with E-state index in [-0.39, 0.29) is 16.9 Å². The molecule has 6 unspecified atom stereocenters. The van der Waals surface area contributed by atoms with E-state index < -0.39 is 0 Å². The van der Waals surface area contributed by atoms with Crippen LogP contribution in [0.4, 0.5) is 0 Å². The maximum Gasteiger partial charge on any atom is 0.166 e. The van der Waals surface area contributed by atoms with Crippen LogP contribution in [0.3, 0.4) is 0 Å². The Morgan fingerprint density at radius 3 is 2.64 bits per heavy atom. The zero-order valence-corrected chi connectivity index (χ0v) is 17.5. The van der Waals surface area contributed by atoms with Gasteiger partial charge in [-0.2, -0.15) is 0 Å². The molecular weight excluding hydrogens is 350 g/mol. The van der Waals surface area contributed by atoms with Gasteiger partial charge in [0.2, 0.25) is 0 Å². The monoisotopic (exact) mass is 385 g/mol. The molecule has 1 saturated heterocycles. The summed E-state index contributed by atoms with van der Waals surface area (Å²) in [6.45, 7) is 8.03. The lowest BCUT2D eigenvalue weighted by molar-refractivity contribution is -0.130. The average molecular weight is 386 g/mol. The molecule has 5 rings (SSSR count). The second-order valence-corrected chi connectivity index (χ2v) is 10.4. The first-order chi connectivity index (χ1) is 13.4. The van der Waals surface area contributed by atoms with Crippen molar-refractivity contribution in [3.8, 4) is 0 Å². The normalized spacial score (nSPS) is 47.4. The third-order valence-corrected chi connectivity index (χ3v) is 9.10. The van der Waals surface area contributed by atoms with Crippen molar-refractivity contribution in [2.24, 2.45) is 28.6 Å². The minimum atomic E-state index is -0.171. The summed E-state index contributed by atoms with van der Waals surface area (Å²) in [5.74, 6) is 2.19. The SMILES string of the molecule is CC12CCC3C(CC=C4CC(O)CCC43C)C1C/C(=C/N1CCOCC1)C2=O. The predicted octanol–water partition coefficient (Wildman–Crippen LogP) is 3.71. The number of morpholine rings is 1. The lowest BCUT2D eigenvalue weighted by atomic mass is 9.48. The summed E-state index contributed by atoms with van der Waals surface area (Å²) in [5, 5.41) is 10.2. The zero-order chi connectivity index (χ0) is 19.5. The number of ether oxygens (including phenoxy) is 1. The lowest BCUT2D eigenvalue weighted by Gasteiger charge is -2.56. The molecule has 0 radical (unpaired) electrons. The molecule has 0 bridgehead atoms. The Morgan fingerprint density at radius 1 is 1.11 bits per heavy atom. The predicted molar refractivity (Wildman–Crippen MR) is 109 cm³/mol. The molecule has 6 atom stereocenters. The summed E-state index contributed by atoms with van der Waals surface area (Å²) in [7, 11) is 0. The molecule has 0 aromatic heterocycles. The molecule has 0 aromatic carbocycles. The Hall–Kier alpha value is -1.13. The van der Waals surface area contributed by atoms with Gasteiger partial charge in [0, 0.05) is 30.3 Å². The van der Waals surface area contributed by atoms with Crippen LogP contribution >= 0.6 is 0 Å². The van der Waals surface area contributed by atoms with E-state index in [0.717, 1.165) is 76.8 Å². The number of hydrogen-bond donors (Lipinski definition) is 1. The number of Topliss-reactive ketones (excluding diaryl/α,β-unsaturated/α-hetero) is 1. The molecule has 5 aliphatic rings. The van der Waals surface area contributed by atoms with Crippen molar-refractivity contribution in [1.29, 1.82) is 0 Å². The molecular formula is C24H35NO3. The lowest BCUT2D eigenvalue weighted by Crippen LogP contribution is -2.50. The second-order valence-electron chi connectivity index (χ2n) is 10.4. The van der Waals surface area contributed by atoms with Crippen LogP contribution in [0.2, 0.25) is 0 Å². The molecule has 1 N–H and O–H groups in total. The van der Waals surface area contributed by atoms with Gasteiger partial charge in [-0.3, -0.25) is 4.79 Å². The van der Waals surface area contributed by atoms with E-state index in [0.29, 0.717) is 23.5 Å². The van der Waals surface area contributed by atoms with Crippen molar-refractivity contribution in [2.75, 3.05) is 26.3 Å². The molecule has 0 spiro atoms. The van der Waals surface area contributed by atoms with Crippen molar-refractivity contribution >= 4 is 5.78 Å². The summed E-state index contributed by atoms with van der Waals surface area (Å²) in [4.78, 5) is 15.7. The molecule has 4 heteroatoms. The zero-order valence-electron chi connectivity index (χ0n) is 17.5. The fraction of sp³-hybridized carbons (Fsp3) is 0.792. The number of rotatable bonds is 1. The number of aliphatic hydroxyl groups excluding tert-OH is 1. The van der Waals surface area contributed by atoms with Crippen molar-refractivity contribution in [3.05, 3.63) is 23.4 Å². The van der Waals surface area contributed by atoms with Crippen molar-refractivity contribution < 1.29 is 14.6 Å². The average Bonchev–Trinajstić information content (AvgIpc) is 2.94. The largest absolute Gasteiger partial charge is 0.393 e. The third-order valence-electron chi connectivity index (χ3n) is 9.10. The van der Waals surface area contributed by atoms with Crippen LogP contribution in [0.25, 0.3) is 0 Å². The quantitative estimate of drug-likeness (QED) is 0.552. The van der Waals surface area contributed by atoms with Crippen molar-refractivity contribution in [1.82, 2.24) is 4.90 Å². The first kappa shape index (κ1) is 18.9. The Kier molecular flexibility index (Phi) is 4.52. The van der Waals surface area contributed by atoms with Crippen LogP contribution < -0.4 is 0 Å². The van der Waals surface area contributed by atoms with Gasteiger partial charge in [0.1, 0.15) is 0 Å². The van der Waals surface area contributed by atoms with Gasteiger partial charge in [-0.1, -0.05) is 25.5 Å². The highest BCUT2D eigenvalue weighted by Crippen LogP contribution is 2.64. The molecule has 4 aliphatic carbocycles. The molecule has 4 fully saturated rings.